The smallest absolute Gasteiger partial charge is 0.0547 e. The zero-order valence-electron chi connectivity index (χ0n) is 29.8. The van der Waals surface area contributed by atoms with Gasteiger partial charge in [0, 0.05) is 32.9 Å². The Morgan fingerprint density at radius 3 is 0.827 bits per heavy atom. The Bertz CT molecular complexity index is 2810. The number of rotatable bonds is 4. The minimum atomic E-state index is 1.19. The Morgan fingerprint density at radius 1 is 0.288 bits per heavy atom. The molecule has 0 bridgehead atoms. The zero-order valence-corrected chi connectivity index (χ0v) is 29.8. The number of benzene rings is 9. The van der Waals surface area contributed by atoms with Crippen molar-refractivity contribution in [1.29, 1.82) is 0 Å². The lowest BCUT2D eigenvalue weighted by Gasteiger charge is -2.22. The van der Waals surface area contributed by atoms with Gasteiger partial charge in [0.2, 0.25) is 0 Å². The van der Waals surface area contributed by atoms with E-state index in [4.69, 9.17) is 0 Å². The summed E-state index contributed by atoms with van der Waals surface area (Å²) in [5.74, 6) is 0. The van der Waals surface area contributed by atoms with E-state index in [0.717, 1.165) is 0 Å². The van der Waals surface area contributed by atoms with Crippen LogP contribution < -0.4 is 0 Å². The fourth-order valence-electron chi connectivity index (χ4n) is 9.53. The molecule has 11 rings (SSSR count). The van der Waals surface area contributed by atoms with Gasteiger partial charge < -0.3 is 9.13 Å². The van der Waals surface area contributed by atoms with Gasteiger partial charge >= 0.3 is 0 Å². The summed E-state index contributed by atoms with van der Waals surface area (Å²) >= 11 is 0. The van der Waals surface area contributed by atoms with Gasteiger partial charge in [-0.25, -0.2) is 0 Å². The molecule has 0 fully saturated rings. The summed E-state index contributed by atoms with van der Waals surface area (Å²) in [6, 6.07) is 54.1. The first-order valence-electron chi connectivity index (χ1n) is 18.3. The van der Waals surface area contributed by atoms with E-state index < -0.39 is 0 Å². The van der Waals surface area contributed by atoms with Gasteiger partial charge in [0.05, 0.1) is 22.1 Å². The quantitative estimate of drug-likeness (QED) is 0.166. The van der Waals surface area contributed by atoms with Crippen LogP contribution in [0, 0.1) is 27.7 Å². The molecule has 0 unspecified atom stereocenters. The molecule has 0 spiro atoms. The topological polar surface area (TPSA) is 9.86 Å². The molecule has 0 amide bonds. The molecule has 0 aliphatic heterocycles. The van der Waals surface area contributed by atoms with Gasteiger partial charge in [-0.05, 0) is 142 Å². The van der Waals surface area contributed by atoms with Crippen molar-refractivity contribution in [2.24, 2.45) is 0 Å². The van der Waals surface area contributed by atoms with Crippen molar-refractivity contribution >= 4 is 65.2 Å². The molecule has 0 atom stereocenters. The van der Waals surface area contributed by atoms with Crippen LogP contribution in [0.25, 0.3) is 98.8 Å². The Kier molecular flexibility index (Phi) is 5.97. The van der Waals surface area contributed by atoms with E-state index in [1.165, 1.54) is 121 Å². The fourth-order valence-corrected chi connectivity index (χ4v) is 9.53. The van der Waals surface area contributed by atoms with Crippen LogP contribution in [0.5, 0.6) is 0 Å². The molecule has 246 valence electrons. The predicted molar refractivity (Wildman–Crippen MR) is 222 cm³/mol. The molecule has 0 radical (unpaired) electrons. The molecular formula is C50H36N2. The molecule has 2 heteroatoms. The predicted octanol–water partition coefficient (Wildman–Crippen LogP) is 13.6. The average Bonchev–Trinajstić information content (AvgIpc) is 3.71. The lowest BCUT2D eigenvalue weighted by atomic mass is 9.83. The van der Waals surface area contributed by atoms with Crippen LogP contribution in [-0.4, -0.2) is 9.13 Å². The lowest BCUT2D eigenvalue weighted by molar-refractivity contribution is 1.18. The number of hydrogen-bond acceptors (Lipinski definition) is 0. The summed E-state index contributed by atoms with van der Waals surface area (Å²) in [6.07, 6.45) is 0. The first-order valence-corrected chi connectivity index (χ1v) is 18.3. The van der Waals surface area contributed by atoms with Gasteiger partial charge in [0.25, 0.3) is 0 Å². The van der Waals surface area contributed by atoms with Crippen molar-refractivity contribution in [3.63, 3.8) is 0 Å². The molecule has 0 saturated heterocycles. The van der Waals surface area contributed by atoms with Crippen molar-refractivity contribution in [2.75, 3.05) is 0 Å². The van der Waals surface area contributed by atoms with E-state index in [1.807, 2.05) is 0 Å². The van der Waals surface area contributed by atoms with E-state index in [2.05, 4.69) is 182 Å². The van der Waals surface area contributed by atoms with Crippen molar-refractivity contribution in [3.05, 3.63) is 168 Å². The summed E-state index contributed by atoms with van der Waals surface area (Å²) in [4.78, 5) is 0. The van der Waals surface area contributed by atoms with Crippen LogP contribution in [0.4, 0.5) is 0 Å². The van der Waals surface area contributed by atoms with Gasteiger partial charge in [0.15, 0.2) is 0 Å². The summed E-state index contributed by atoms with van der Waals surface area (Å²) in [5.41, 5.74) is 18.0. The molecule has 9 aromatic carbocycles. The molecule has 52 heavy (non-hydrogen) atoms. The third-order valence-corrected chi connectivity index (χ3v) is 12.1. The second-order valence-electron chi connectivity index (χ2n) is 14.6. The first kappa shape index (κ1) is 29.4. The standard InChI is InChI=1S/C50H36N2/c1-29-30(2)46(38-23-27-40(28-24-38)52-43-15-7-11-35-19-20-36-12-8-16-44(52)50(36)49(35)43)32(4)31(3)45(29)37-21-25-39(26-22-37)51-41-13-5-9-33-17-18-34-10-6-14-42(51)48(34)47(33)41/h5-28H,1-4H3. The summed E-state index contributed by atoms with van der Waals surface area (Å²) in [5, 5.41) is 10.6. The van der Waals surface area contributed by atoms with Gasteiger partial charge in [-0.15, -0.1) is 0 Å². The van der Waals surface area contributed by atoms with Gasteiger partial charge in [0.1, 0.15) is 0 Å². The highest BCUT2D eigenvalue weighted by Gasteiger charge is 2.21. The molecule has 11 aromatic rings. The normalized spacial score (nSPS) is 12.2. The maximum Gasteiger partial charge on any atom is 0.0547 e. The molecule has 2 aromatic heterocycles. The lowest BCUT2D eigenvalue weighted by Crippen LogP contribution is -2.01. The van der Waals surface area contributed by atoms with Crippen molar-refractivity contribution < 1.29 is 0 Å². The average molecular weight is 665 g/mol. The maximum absolute atomic E-state index is 2.43. The fraction of sp³-hybridized carbons (Fsp3) is 0.0800. The SMILES string of the molecule is Cc1c(C)c(-c2ccc(-n3c4cccc5ccc6cccc3c6c54)cc2)c(C)c(C)c1-c1ccc(-n2c3cccc4ccc5cccc2c5c43)cc1. The van der Waals surface area contributed by atoms with Gasteiger partial charge in [-0.1, -0.05) is 97.1 Å². The van der Waals surface area contributed by atoms with Crippen molar-refractivity contribution in [3.8, 4) is 33.6 Å². The minimum Gasteiger partial charge on any atom is -0.309 e. The van der Waals surface area contributed by atoms with Crippen molar-refractivity contribution in [1.82, 2.24) is 9.13 Å². The highest BCUT2D eigenvalue weighted by atomic mass is 15.0. The van der Waals surface area contributed by atoms with Gasteiger partial charge in [-0.2, -0.15) is 0 Å². The largest absolute Gasteiger partial charge is 0.309 e. The van der Waals surface area contributed by atoms with Crippen LogP contribution in [0.3, 0.4) is 0 Å². The number of nitrogens with zero attached hydrogens (tertiary/aromatic N) is 2. The van der Waals surface area contributed by atoms with Crippen LogP contribution in [-0.2, 0) is 0 Å². The molecule has 0 aliphatic rings. The monoisotopic (exact) mass is 664 g/mol. The van der Waals surface area contributed by atoms with E-state index in [-0.39, 0.29) is 0 Å². The molecule has 2 nitrogen and oxygen atoms in total. The third kappa shape index (κ3) is 3.84. The minimum absolute atomic E-state index is 1.19. The van der Waals surface area contributed by atoms with Crippen LogP contribution in [0.2, 0.25) is 0 Å². The molecular weight excluding hydrogens is 629 g/mol. The van der Waals surface area contributed by atoms with Gasteiger partial charge in [-0.3, -0.25) is 0 Å². The Labute approximate surface area is 302 Å². The summed E-state index contributed by atoms with van der Waals surface area (Å²) < 4.78 is 4.86. The first-order chi connectivity index (χ1) is 25.5. The highest BCUT2D eigenvalue weighted by Crippen LogP contribution is 2.43. The molecule has 0 saturated carbocycles. The van der Waals surface area contributed by atoms with E-state index in [9.17, 15) is 0 Å². The Balaban J connectivity index is 0.996. The third-order valence-electron chi connectivity index (χ3n) is 12.1. The molecule has 0 N–H and O–H groups in total. The van der Waals surface area contributed by atoms with Crippen LogP contribution >= 0.6 is 0 Å². The Hall–Kier alpha value is -6.38. The summed E-state index contributed by atoms with van der Waals surface area (Å²) in [6.45, 7) is 9.18. The molecule has 0 aliphatic carbocycles. The maximum atomic E-state index is 2.43. The van der Waals surface area contributed by atoms with Crippen LogP contribution in [0.1, 0.15) is 22.3 Å². The van der Waals surface area contributed by atoms with E-state index >= 15 is 0 Å². The molecule has 2 heterocycles. The van der Waals surface area contributed by atoms with Crippen LogP contribution in [0.15, 0.2) is 146 Å². The van der Waals surface area contributed by atoms with E-state index in [1.54, 1.807) is 0 Å². The summed E-state index contributed by atoms with van der Waals surface area (Å²) in [7, 11) is 0. The second-order valence-corrected chi connectivity index (χ2v) is 14.6. The highest BCUT2D eigenvalue weighted by molar-refractivity contribution is 6.25. The number of hydrogen-bond donors (Lipinski definition) is 0. The zero-order chi connectivity index (χ0) is 34.8. The number of aromatic nitrogens is 2. The Morgan fingerprint density at radius 2 is 0.558 bits per heavy atom. The second kappa shape index (κ2) is 10.6. The van der Waals surface area contributed by atoms with Crippen molar-refractivity contribution in [2.45, 2.75) is 27.7 Å². The van der Waals surface area contributed by atoms with E-state index in [0.29, 0.717) is 0 Å².